The molecule has 350 valence electrons. The third kappa shape index (κ3) is 15.8. The molecule has 6 aromatic rings. The highest BCUT2D eigenvalue weighted by Crippen LogP contribution is 2.41. The van der Waals surface area contributed by atoms with E-state index >= 15 is 0 Å². The van der Waals surface area contributed by atoms with Crippen LogP contribution in [0.15, 0.2) is 182 Å². The summed E-state index contributed by atoms with van der Waals surface area (Å²) in [4.78, 5) is 0. The quantitative estimate of drug-likeness (QED) is 0.0284. The maximum atomic E-state index is 6.75. The van der Waals surface area contributed by atoms with E-state index in [9.17, 15) is 0 Å². The second-order valence-electron chi connectivity index (χ2n) is 15.2. The lowest BCUT2D eigenvalue weighted by Gasteiger charge is -2.36. The lowest BCUT2D eigenvalue weighted by Crippen LogP contribution is -2.34. The van der Waals surface area contributed by atoms with Gasteiger partial charge in [-0.25, -0.2) is 0 Å². The van der Waals surface area contributed by atoms with Crippen LogP contribution in [0, 0.1) is 0 Å². The zero-order valence-electron chi connectivity index (χ0n) is 38.1. The van der Waals surface area contributed by atoms with Gasteiger partial charge in [-0.3, -0.25) is 0 Å². The predicted octanol–water partition coefficient (Wildman–Crippen LogP) is 9.14. The molecule has 0 heterocycles. The second-order valence-corrected chi connectivity index (χ2v) is 15.2. The van der Waals surface area contributed by atoms with Crippen LogP contribution in [0.3, 0.4) is 0 Å². The number of benzene rings is 6. The summed E-state index contributed by atoms with van der Waals surface area (Å²) < 4.78 is 59.1. The van der Waals surface area contributed by atoms with Crippen LogP contribution in [0.25, 0.3) is 0 Å². The van der Waals surface area contributed by atoms with Gasteiger partial charge in [0, 0.05) is 0 Å². The van der Waals surface area contributed by atoms with Crippen LogP contribution in [0.2, 0.25) is 0 Å². The van der Waals surface area contributed by atoms with Crippen LogP contribution in [-0.2, 0) is 58.6 Å². The van der Waals surface area contributed by atoms with Gasteiger partial charge < -0.3 is 47.4 Å². The Morgan fingerprint density at radius 2 is 0.318 bits per heavy atom. The average molecular weight is 899 g/mol. The van der Waals surface area contributed by atoms with Crippen molar-refractivity contribution < 1.29 is 47.4 Å². The Bertz CT molecular complexity index is 1730. The average Bonchev–Trinajstić information content (AvgIpc) is 3.39. The van der Waals surface area contributed by atoms with Crippen molar-refractivity contribution in [3.63, 3.8) is 0 Å². The Balaban J connectivity index is 0.710. The molecule has 0 aliphatic rings. The minimum Gasteiger partial charge on any atom is -0.377 e. The highest BCUT2D eigenvalue weighted by Gasteiger charge is 2.38. The van der Waals surface area contributed by atoms with Crippen molar-refractivity contribution in [1.82, 2.24) is 0 Å². The van der Waals surface area contributed by atoms with Gasteiger partial charge in [-0.15, -0.1) is 0 Å². The van der Waals surface area contributed by atoms with Crippen LogP contribution in [0.4, 0.5) is 0 Å². The van der Waals surface area contributed by atoms with Crippen molar-refractivity contribution in [1.29, 1.82) is 0 Å². The summed E-state index contributed by atoms with van der Waals surface area (Å²) in [6.45, 7) is 8.47. The van der Waals surface area contributed by atoms with Crippen LogP contribution >= 0.6 is 0 Å². The lowest BCUT2D eigenvalue weighted by atomic mass is 9.80. The van der Waals surface area contributed by atoms with Crippen LogP contribution in [0.1, 0.15) is 33.4 Å². The van der Waals surface area contributed by atoms with E-state index in [1.807, 2.05) is 109 Å². The van der Waals surface area contributed by atoms with Crippen LogP contribution in [-0.4, -0.2) is 119 Å². The molecule has 10 heteroatoms. The van der Waals surface area contributed by atoms with Crippen molar-refractivity contribution in [2.45, 2.75) is 11.2 Å². The molecule has 0 spiro atoms. The maximum Gasteiger partial charge on any atom is 0.143 e. The molecule has 0 amide bonds. The molecule has 6 aromatic carbocycles. The number of ether oxygens (including phenoxy) is 10. The molecule has 0 aliphatic heterocycles. The molecule has 6 rings (SSSR count). The molecule has 10 nitrogen and oxygen atoms in total. The summed E-state index contributed by atoms with van der Waals surface area (Å²) >= 11 is 0. The fourth-order valence-corrected chi connectivity index (χ4v) is 7.69. The molecule has 66 heavy (non-hydrogen) atoms. The minimum atomic E-state index is -0.757. The molecule has 0 fully saturated rings. The molecule has 0 N–H and O–H groups in total. The molecule has 0 bridgehead atoms. The van der Waals surface area contributed by atoms with Gasteiger partial charge in [0.25, 0.3) is 0 Å². The van der Waals surface area contributed by atoms with Crippen molar-refractivity contribution in [2.24, 2.45) is 0 Å². The van der Waals surface area contributed by atoms with Gasteiger partial charge in [0.1, 0.15) is 11.2 Å². The summed E-state index contributed by atoms with van der Waals surface area (Å²) in [6.07, 6.45) is 0. The highest BCUT2D eigenvalue weighted by atomic mass is 16.6. The standard InChI is InChI=1S/C56H66O10/c1-7-19-49(20-8-1)55(50-21-9-2-10-22-50,51-23-11-3-12-24-51)65-47-45-63-43-41-61-39-37-59-35-33-57-31-32-58-34-36-60-38-40-62-42-44-64-46-48-66-56(52-25-13-4-14-26-52,53-27-15-5-16-28-53)54-29-17-6-18-30-54/h1-30H,31-48H2. The van der Waals surface area contributed by atoms with Crippen molar-refractivity contribution in [2.75, 3.05) is 119 Å². The van der Waals surface area contributed by atoms with Gasteiger partial charge in [-0.1, -0.05) is 182 Å². The Morgan fingerprint density at radius 3 is 0.470 bits per heavy atom. The molecule has 0 saturated carbocycles. The monoisotopic (exact) mass is 898 g/mol. The van der Waals surface area contributed by atoms with Gasteiger partial charge in [-0.05, 0) is 33.4 Å². The Morgan fingerprint density at radius 1 is 0.182 bits per heavy atom. The summed E-state index contributed by atoms with van der Waals surface area (Å²) in [7, 11) is 0. The molecule has 0 saturated heterocycles. The summed E-state index contributed by atoms with van der Waals surface area (Å²) in [5.41, 5.74) is 4.88. The van der Waals surface area contributed by atoms with Gasteiger partial charge >= 0.3 is 0 Å². The number of hydrogen-bond acceptors (Lipinski definition) is 10. The third-order valence-electron chi connectivity index (χ3n) is 10.8. The lowest BCUT2D eigenvalue weighted by molar-refractivity contribution is -0.0414. The van der Waals surface area contributed by atoms with Crippen LogP contribution < -0.4 is 0 Å². The SMILES string of the molecule is c1ccc(C(OCCOCCOCCOCCOCCOCCOCCOCCOCCOC(c2ccccc2)(c2ccccc2)c2ccccc2)(c2ccccc2)c2ccccc2)cc1. The Kier molecular flexibility index (Phi) is 23.1. The second kappa shape index (κ2) is 30.3. The smallest absolute Gasteiger partial charge is 0.143 e. The first-order valence-electron chi connectivity index (χ1n) is 23.1. The van der Waals surface area contributed by atoms with Crippen molar-refractivity contribution in [3.8, 4) is 0 Å². The van der Waals surface area contributed by atoms with E-state index in [2.05, 4.69) is 72.8 Å². The first-order chi connectivity index (χ1) is 32.8. The normalized spacial score (nSPS) is 11.8. The van der Waals surface area contributed by atoms with E-state index < -0.39 is 11.2 Å². The van der Waals surface area contributed by atoms with E-state index in [1.54, 1.807) is 0 Å². The number of rotatable bonds is 35. The summed E-state index contributed by atoms with van der Waals surface area (Å²) in [5.74, 6) is 0. The third-order valence-corrected chi connectivity index (χ3v) is 10.8. The molecular formula is C56H66O10. The largest absolute Gasteiger partial charge is 0.377 e. The highest BCUT2D eigenvalue weighted by molar-refractivity contribution is 5.48. The van der Waals surface area contributed by atoms with Crippen molar-refractivity contribution in [3.05, 3.63) is 215 Å². The predicted molar refractivity (Wildman–Crippen MR) is 257 cm³/mol. The molecule has 0 aromatic heterocycles. The van der Waals surface area contributed by atoms with Crippen molar-refractivity contribution >= 4 is 0 Å². The molecule has 0 atom stereocenters. The Labute approximate surface area is 391 Å². The zero-order valence-corrected chi connectivity index (χ0v) is 38.1. The fourth-order valence-electron chi connectivity index (χ4n) is 7.69. The van der Waals surface area contributed by atoms with E-state index in [1.165, 1.54) is 0 Å². The summed E-state index contributed by atoms with van der Waals surface area (Å²) in [6, 6.07) is 62.0. The zero-order chi connectivity index (χ0) is 45.5. The molecular weight excluding hydrogens is 833 g/mol. The summed E-state index contributed by atoms with van der Waals surface area (Å²) in [5, 5.41) is 0. The first kappa shape index (κ1) is 50.3. The molecule has 0 aliphatic carbocycles. The van der Waals surface area contributed by atoms with Gasteiger partial charge in [0.2, 0.25) is 0 Å². The molecule has 0 unspecified atom stereocenters. The van der Waals surface area contributed by atoms with E-state index in [-0.39, 0.29) is 0 Å². The molecule has 0 radical (unpaired) electrons. The van der Waals surface area contributed by atoms with Gasteiger partial charge in [0.05, 0.1) is 119 Å². The maximum absolute atomic E-state index is 6.75. The topological polar surface area (TPSA) is 92.3 Å². The first-order valence-corrected chi connectivity index (χ1v) is 23.1. The Hall–Kier alpha value is -5.08. The van der Waals surface area contributed by atoms with Crippen LogP contribution in [0.5, 0.6) is 0 Å². The van der Waals surface area contributed by atoms with E-state index in [0.29, 0.717) is 119 Å². The van der Waals surface area contributed by atoms with E-state index in [4.69, 9.17) is 47.4 Å². The van der Waals surface area contributed by atoms with Gasteiger partial charge in [0.15, 0.2) is 0 Å². The minimum absolute atomic E-state index is 0.412. The number of hydrogen-bond donors (Lipinski definition) is 0. The van der Waals surface area contributed by atoms with Gasteiger partial charge in [-0.2, -0.15) is 0 Å². The fraction of sp³-hybridized carbons (Fsp3) is 0.357. The van der Waals surface area contributed by atoms with E-state index in [0.717, 1.165) is 33.4 Å².